The zero-order valence-corrected chi connectivity index (χ0v) is 18.1. The monoisotopic (exact) mass is 384 g/mol. The lowest BCUT2D eigenvalue weighted by Crippen LogP contribution is -3.06. The first-order chi connectivity index (χ1) is 13.2. The van der Waals surface area contributed by atoms with Gasteiger partial charge in [-0.1, -0.05) is 25.1 Å². The van der Waals surface area contributed by atoms with Crippen LogP contribution in [0.5, 0.6) is 0 Å². The zero-order valence-electron chi connectivity index (χ0n) is 18.1. The van der Waals surface area contributed by atoms with Gasteiger partial charge < -0.3 is 15.4 Å². The van der Waals surface area contributed by atoms with Gasteiger partial charge in [0.05, 0.1) is 28.9 Å². The summed E-state index contributed by atoms with van der Waals surface area (Å²) in [5.41, 5.74) is 3.81. The van der Waals surface area contributed by atoms with E-state index >= 15 is 0 Å². The fourth-order valence-corrected chi connectivity index (χ4v) is 4.91. The first kappa shape index (κ1) is 20.6. The van der Waals surface area contributed by atoms with E-state index in [4.69, 9.17) is 4.74 Å². The van der Waals surface area contributed by atoms with Crippen LogP contribution in [0.25, 0.3) is 10.9 Å². The second kappa shape index (κ2) is 7.70. The minimum atomic E-state index is -0.317. The highest BCUT2D eigenvalue weighted by molar-refractivity contribution is 6.05. The van der Waals surface area contributed by atoms with Crippen LogP contribution >= 0.6 is 0 Å². The molecule has 0 radical (unpaired) electrons. The van der Waals surface area contributed by atoms with Crippen molar-refractivity contribution < 1.29 is 14.8 Å². The average Bonchev–Trinajstić information content (AvgIpc) is 2.58. The minimum absolute atomic E-state index is 0.140. The summed E-state index contributed by atoms with van der Waals surface area (Å²) in [6, 6.07) is 6.48. The number of benzene rings is 1. The number of quaternary nitrogens is 1. The molecule has 152 valence electrons. The Bertz CT molecular complexity index is 858. The van der Waals surface area contributed by atoms with Crippen LogP contribution < -0.4 is 10.6 Å². The van der Waals surface area contributed by atoms with Gasteiger partial charge in [-0.25, -0.2) is 4.79 Å². The number of nitrogens with zero attached hydrogens (tertiary/aromatic N) is 1. The van der Waals surface area contributed by atoms with Crippen LogP contribution in [0.3, 0.4) is 0 Å². The predicted octanol–water partition coefficient (Wildman–Crippen LogP) is 3.67. The van der Waals surface area contributed by atoms with Crippen LogP contribution in [-0.4, -0.2) is 34.7 Å². The van der Waals surface area contributed by atoms with Gasteiger partial charge in [0.15, 0.2) is 0 Å². The van der Waals surface area contributed by atoms with Crippen LogP contribution in [0.4, 0.5) is 5.69 Å². The summed E-state index contributed by atoms with van der Waals surface area (Å²) in [6.45, 7) is 13.5. The van der Waals surface area contributed by atoms with Gasteiger partial charge in [0.1, 0.15) is 5.56 Å². The van der Waals surface area contributed by atoms with Crippen LogP contribution in [-0.2, 0) is 11.2 Å². The molecular weight excluding hydrogens is 350 g/mol. The molecule has 1 aromatic heterocycles. The number of carbonyl (C=O) groups is 1. The van der Waals surface area contributed by atoms with Gasteiger partial charge in [-0.3, -0.25) is 4.98 Å². The fraction of sp³-hybridized carbons (Fsp3) is 0.565. The molecule has 0 spiro atoms. The molecule has 5 nitrogen and oxygen atoms in total. The number of ether oxygens (including phenoxy) is 1. The second-order valence-electron chi connectivity index (χ2n) is 9.31. The molecule has 0 unspecified atom stereocenters. The number of nitrogens with two attached hydrogens (primary N) is 1. The van der Waals surface area contributed by atoms with Crippen molar-refractivity contribution in [3.63, 3.8) is 0 Å². The highest BCUT2D eigenvalue weighted by Gasteiger charge is 2.42. The number of nitrogens with one attached hydrogen (secondary N) is 1. The summed E-state index contributed by atoms with van der Waals surface area (Å²) in [6.07, 6.45) is 4.63. The predicted molar refractivity (Wildman–Crippen MR) is 114 cm³/mol. The van der Waals surface area contributed by atoms with Crippen molar-refractivity contribution in [2.24, 2.45) is 0 Å². The molecule has 28 heavy (non-hydrogen) atoms. The largest absolute Gasteiger partial charge is 0.462 e. The molecule has 5 heteroatoms. The number of rotatable bonds is 5. The van der Waals surface area contributed by atoms with E-state index in [9.17, 15) is 4.79 Å². The van der Waals surface area contributed by atoms with Crippen molar-refractivity contribution in [1.29, 1.82) is 0 Å². The molecule has 1 saturated heterocycles. The van der Waals surface area contributed by atoms with E-state index in [1.165, 1.54) is 5.56 Å². The van der Waals surface area contributed by atoms with E-state index in [0.717, 1.165) is 35.9 Å². The van der Waals surface area contributed by atoms with Crippen LogP contribution in [0.2, 0.25) is 0 Å². The summed E-state index contributed by atoms with van der Waals surface area (Å²) in [4.78, 5) is 17.3. The van der Waals surface area contributed by atoms with E-state index in [0.29, 0.717) is 12.2 Å². The summed E-state index contributed by atoms with van der Waals surface area (Å²) < 4.78 is 5.32. The molecule has 2 heterocycles. The van der Waals surface area contributed by atoms with Crippen molar-refractivity contribution in [2.75, 3.05) is 11.9 Å². The Hall–Kier alpha value is -2.14. The lowest BCUT2D eigenvalue weighted by molar-refractivity contribution is -0.787. The number of anilines is 1. The van der Waals surface area contributed by atoms with E-state index in [2.05, 4.69) is 62.4 Å². The van der Waals surface area contributed by atoms with Crippen molar-refractivity contribution >= 4 is 22.6 Å². The Morgan fingerprint density at radius 1 is 1.21 bits per heavy atom. The van der Waals surface area contributed by atoms with Gasteiger partial charge in [0.2, 0.25) is 0 Å². The number of carbonyl (C=O) groups excluding carboxylic acids is 1. The van der Waals surface area contributed by atoms with E-state index in [1.54, 1.807) is 6.20 Å². The summed E-state index contributed by atoms with van der Waals surface area (Å²) in [5.74, 6) is -0.317. The quantitative estimate of drug-likeness (QED) is 0.772. The lowest BCUT2D eigenvalue weighted by Gasteiger charge is -2.43. The Morgan fingerprint density at radius 3 is 2.50 bits per heavy atom. The van der Waals surface area contributed by atoms with Crippen LogP contribution in [0.1, 0.15) is 70.3 Å². The van der Waals surface area contributed by atoms with Crippen molar-refractivity contribution in [3.05, 3.63) is 35.5 Å². The maximum Gasteiger partial charge on any atom is 0.341 e. The summed E-state index contributed by atoms with van der Waals surface area (Å²) in [5, 5.41) is 7.19. The fourth-order valence-electron chi connectivity index (χ4n) is 4.91. The summed E-state index contributed by atoms with van der Waals surface area (Å²) >= 11 is 0. The van der Waals surface area contributed by atoms with Crippen LogP contribution in [0.15, 0.2) is 24.4 Å². The van der Waals surface area contributed by atoms with Gasteiger partial charge in [0, 0.05) is 30.5 Å². The highest BCUT2D eigenvalue weighted by atomic mass is 16.5. The molecule has 3 rings (SSSR count). The first-order valence-corrected chi connectivity index (χ1v) is 10.4. The average molecular weight is 385 g/mol. The molecule has 3 N–H and O–H groups in total. The lowest BCUT2D eigenvalue weighted by atomic mass is 9.79. The van der Waals surface area contributed by atoms with Gasteiger partial charge in [-0.15, -0.1) is 0 Å². The first-order valence-electron chi connectivity index (χ1n) is 10.4. The number of piperidine rings is 1. The number of esters is 1. The standard InChI is InChI=1S/C23H33N3O2/c1-7-15-10-9-11-17-19(15)24-14-18(21(27)28-8-2)20(17)25-16-12-22(3,4)26-23(5,6)13-16/h9-11,14,16,26H,7-8,12-13H2,1-6H3,(H,24,25)/p+1. The molecule has 0 bridgehead atoms. The maximum absolute atomic E-state index is 12.7. The number of hydrogen-bond donors (Lipinski definition) is 2. The van der Waals surface area contributed by atoms with Gasteiger partial charge in [0.25, 0.3) is 0 Å². The number of hydrogen-bond acceptors (Lipinski definition) is 4. The third-order valence-corrected chi connectivity index (χ3v) is 5.53. The molecule has 2 aromatic rings. The van der Waals surface area contributed by atoms with E-state index in [1.807, 2.05) is 13.0 Å². The van der Waals surface area contributed by atoms with Crippen molar-refractivity contribution in [1.82, 2.24) is 4.98 Å². The number of pyridine rings is 1. The molecule has 1 fully saturated rings. The number of fused-ring (bicyclic) bond motifs is 1. The van der Waals surface area contributed by atoms with Gasteiger partial charge >= 0.3 is 5.97 Å². The van der Waals surface area contributed by atoms with E-state index < -0.39 is 0 Å². The van der Waals surface area contributed by atoms with Gasteiger partial charge in [-0.05, 0) is 46.6 Å². The zero-order chi connectivity index (χ0) is 20.5. The Kier molecular flexibility index (Phi) is 5.67. The molecule has 0 saturated carbocycles. The third-order valence-electron chi connectivity index (χ3n) is 5.53. The Labute approximate surface area is 168 Å². The highest BCUT2D eigenvalue weighted by Crippen LogP contribution is 2.32. The molecule has 1 aromatic carbocycles. The number of aromatic nitrogens is 1. The minimum Gasteiger partial charge on any atom is -0.462 e. The molecule has 0 atom stereocenters. The molecule has 0 amide bonds. The Morgan fingerprint density at radius 2 is 1.89 bits per heavy atom. The molecule has 0 aliphatic carbocycles. The van der Waals surface area contributed by atoms with Gasteiger partial charge in [-0.2, -0.15) is 0 Å². The van der Waals surface area contributed by atoms with Crippen molar-refractivity contribution in [2.45, 2.75) is 77.9 Å². The molecular formula is C23H34N3O2+. The molecule has 1 aliphatic rings. The smallest absolute Gasteiger partial charge is 0.341 e. The number of aryl methyl sites for hydroxylation is 1. The van der Waals surface area contributed by atoms with Crippen molar-refractivity contribution in [3.8, 4) is 0 Å². The Balaban J connectivity index is 2.08. The SMILES string of the molecule is CCOC(=O)c1cnc2c(CC)cccc2c1NC1CC(C)(C)[NH2+]C(C)(C)C1. The number of para-hydroxylation sites is 1. The molecule has 1 aliphatic heterocycles. The van der Waals surface area contributed by atoms with E-state index in [-0.39, 0.29) is 23.1 Å². The third kappa shape index (κ3) is 4.30. The normalized spacial score (nSPS) is 18.8. The topological polar surface area (TPSA) is 67.8 Å². The summed E-state index contributed by atoms with van der Waals surface area (Å²) in [7, 11) is 0. The van der Waals surface area contributed by atoms with Crippen LogP contribution in [0, 0.1) is 0 Å². The second-order valence-corrected chi connectivity index (χ2v) is 9.31. The maximum atomic E-state index is 12.7.